The Morgan fingerprint density at radius 3 is 1.61 bits per heavy atom. The summed E-state index contributed by atoms with van der Waals surface area (Å²) in [6.07, 6.45) is 13.8. The predicted octanol–water partition coefficient (Wildman–Crippen LogP) is 6.54. The third kappa shape index (κ3) is 13.5. The van der Waals surface area contributed by atoms with Crippen LogP contribution in [-0.2, 0) is 22.4 Å². The highest BCUT2D eigenvalue weighted by atomic mass is 16.3. The lowest BCUT2D eigenvalue weighted by molar-refractivity contribution is -0.125. The van der Waals surface area contributed by atoms with Gasteiger partial charge in [-0.25, -0.2) is 0 Å². The third-order valence-electron chi connectivity index (χ3n) is 8.18. The van der Waals surface area contributed by atoms with Gasteiger partial charge >= 0.3 is 0 Å². The maximum atomic E-state index is 12.5. The molecule has 0 aliphatic rings. The number of unbranched alkanes of at least 4 members (excludes halogenated alkanes) is 9. The van der Waals surface area contributed by atoms with Crippen molar-refractivity contribution in [1.29, 1.82) is 0 Å². The molecule has 2 aromatic carbocycles. The summed E-state index contributed by atoms with van der Waals surface area (Å²) in [6, 6.07) is 10.2. The first-order chi connectivity index (χ1) is 22.2. The van der Waals surface area contributed by atoms with Gasteiger partial charge in [0, 0.05) is 12.3 Å². The minimum absolute atomic E-state index is 0.0391. The molecular weight excluding hydrogens is 584 g/mol. The van der Waals surface area contributed by atoms with E-state index in [1.54, 1.807) is 12.1 Å². The van der Waals surface area contributed by atoms with E-state index < -0.39 is 11.8 Å². The van der Waals surface area contributed by atoms with Crippen LogP contribution in [0.2, 0.25) is 0 Å². The standard InChI is InChI=1S/C36H54N4O6/c1-4-6-12-19-27-21-16-23-29(32(27)42)35(45)39-37-31(41)25-15-11-9-8-10-14-18-26(3)34(44)38-40-36(46)30-24-17-22-28(33(30)43)20-13-7-5-2/h16-17,21-24,26,42-43H,4-15,18-20,25H2,1-3H3,(H,37,41)(H,38,44)(H,39,45)(H,40,46). The van der Waals surface area contributed by atoms with Crippen LogP contribution in [0, 0.1) is 5.92 Å². The van der Waals surface area contributed by atoms with Crippen molar-refractivity contribution in [1.82, 2.24) is 21.7 Å². The van der Waals surface area contributed by atoms with Crippen LogP contribution in [0.15, 0.2) is 36.4 Å². The number of phenols is 2. The molecule has 10 heteroatoms. The summed E-state index contributed by atoms with van der Waals surface area (Å²) in [5.41, 5.74) is 11.5. The van der Waals surface area contributed by atoms with E-state index in [2.05, 4.69) is 35.6 Å². The topological polar surface area (TPSA) is 157 Å². The molecule has 2 aromatic rings. The summed E-state index contributed by atoms with van der Waals surface area (Å²) >= 11 is 0. The zero-order valence-corrected chi connectivity index (χ0v) is 27.9. The first-order valence-corrected chi connectivity index (χ1v) is 17.0. The molecule has 254 valence electrons. The van der Waals surface area contributed by atoms with Gasteiger partial charge in [0.25, 0.3) is 11.8 Å². The second kappa shape index (κ2) is 21.6. The van der Waals surface area contributed by atoms with E-state index in [4.69, 9.17) is 0 Å². The molecule has 4 amide bonds. The minimum Gasteiger partial charge on any atom is -0.507 e. The van der Waals surface area contributed by atoms with E-state index in [1.165, 1.54) is 12.1 Å². The summed E-state index contributed by atoms with van der Waals surface area (Å²) in [5, 5.41) is 20.9. The zero-order valence-electron chi connectivity index (χ0n) is 27.9. The fourth-order valence-electron chi connectivity index (χ4n) is 5.22. The molecule has 0 aliphatic carbocycles. The summed E-state index contributed by atoms with van der Waals surface area (Å²) in [4.78, 5) is 49.7. The van der Waals surface area contributed by atoms with Crippen molar-refractivity contribution in [2.24, 2.45) is 5.92 Å². The second-order valence-electron chi connectivity index (χ2n) is 12.0. The molecule has 2 rings (SSSR count). The number of amides is 4. The number of hydrogen-bond donors (Lipinski definition) is 6. The van der Waals surface area contributed by atoms with E-state index in [0.717, 1.165) is 81.8 Å². The van der Waals surface area contributed by atoms with Gasteiger partial charge in [-0.2, -0.15) is 0 Å². The maximum absolute atomic E-state index is 12.5. The Bertz CT molecular complexity index is 1270. The number of benzene rings is 2. The van der Waals surface area contributed by atoms with Crippen molar-refractivity contribution in [2.45, 2.75) is 124 Å². The molecule has 0 fully saturated rings. The fourth-order valence-corrected chi connectivity index (χ4v) is 5.22. The van der Waals surface area contributed by atoms with E-state index in [0.29, 0.717) is 25.7 Å². The molecule has 6 N–H and O–H groups in total. The van der Waals surface area contributed by atoms with Crippen LogP contribution in [0.5, 0.6) is 11.5 Å². The average molecular weight is 639 g/mol. The van der Waals surface area contributed by atoms with Crippen LogP contribution >= 0.6 is 0 Å². The number of aromatic hydroxyl groups is 2. The summed E-state index contributed by atoms with van der Waals surface area (Å²) in [6.45, 7) is 6.03. The van der Waals surface area contributed by atoms with Gasteiger partial charge in [0.1, 0.15) is 11.5 Å². The van der Waals surface area contributed by atoms with Crippen molar-refractivity contribution in [3.8, 4) is 11.5 Å². The third-order valence-corrected chi connectivity index (χ3v) is 8.18. The second-order valence-corrected chi connectivity index (χ2v) is 12.0. The monoisotopic (exact) mass is 638 g/mol. The van der Waals surface area contributed by atoms with Gasteiger partial charge in [-0.05, 0) is 61.8 Å². The average Bonchev–Trinajstić information content (AvgIpc) is 3.05. The number of phenolic OH excluding ortho intramolecular Hbond substituents is 2. The van der Waals surface area contributed by atoms with Gasteiger partial charge < -0.3 is 10.2 Å². The van der Waals surface area contributed by atoms with Crippen LogP contribution < -0.4 is 21.7 Å². The van der Waals surface area contributed by atoms with Crippen molar-refractivity contribution in [3.05, 3.63) is 58.7 Å². The molecule has 0 spiro atoms. The summed E-state index contributed by atoms with van der Waals surface area (Å²) < 4.78 is 0. The van der Waals surface area contributed by atoms with E-state index in [-0.39, 0.29) is 46.8 Å². The fraction of sp³-hybridized carbons (Fsp3) is 0.556. The Balaban J connectivity index is 1.56. The van der Waals surface area contributed by atoms with Gasteiger partial charge in [0.2, 0.25) is 11.8 Å². The van der Waals surface area contributed by atoms with Gasteiger partial charge in [-0.3, -0.25) is 40.9 Å². The molecule has 0 heterocycles. The lowest BCUT2D eigenvalue weighted by atomic mass is 10.0. The molecule has 0 aromatic heterocycles. The van der Waals surface area contributed by atoms with Gasteiger partial charge in [-0.1, -0.05) is 103 Å². The largest absolute Gasteiger partial charge is 0.507 e. The first kappa shape index (κ1) is 38.1. The van der Waals surface area contributed by atoms with Gasteiger partial charge in [0.15, 0.2) is 0 Å². The molecule has 0 aliphatic heterocycles. The minimum atomic E-state index is -0.547. The molecule has 1 unspecified atom stereocenters. The van der Waals surface area contributed by atoms with Gasteiger partial charge in [-0.15, -0.1) is 0 Å². The highest BCUT2D eigenvalue weighted by Crippen LogP contribution is 2.25. The predicted molar refractivity (Wildman–Crippen MR) is 180 cm³/mol. The quantitative estimate of drug-likeness (QED) is 0.0714. The lowest BCUT2D eigenvalue weighted by Crippen LogP contribution is -2.44. The Labute approximate surface area is 274 Å². The van der Waals surface area contributed by atoms with E-state index in [1.807, 2.05) is 19.1 Å². The Morgan fingerprint density at radius 2 is 1.09 bits per heavy atom. The van der Waals surface area contributed by atoms with Crippen molar-refractivity contribution < 1.29 is 29.4 Å². The Kier molecular flexibility index (Phi) is 17.9. The highest BCUT2D eigenvalue weighted by molar-refractivity contribution is 5.98. The number of carbonyl (C=O) groups excluding carboxylic acids is 4. The molecule has 0 radical (unpaired) electrons. The van der Waals surface area contributed by atoms with Crippen LogP contribution in [-0.4, -0.2) is 33.8 Å². The number of para-hydroxylation sites is 2. The molecule has 46 heavy (non-hydrogen) atoms. The van der Waals surface area contributed by atoms with E-state index >= 15 is 0 Å². The smallest absolute Gasteiger partial charge is 0.273 e. The van der Waals surface area contributed by atoms with Gasteiger partial charge in [0.05, 0.1) is 11.1 Å². The number of aryl methyl sites for hydroxylation is 2. The number of carbonyl (C=O) groups is 4. The Morgan fingerprint density at radius 1 is 0.609 bits per heavy atom. The lowest BCUT2D eigenvalue weighted by Gasteiger charge is -2.14. The van der Waals surface area contributed by atoms with Crippen LogP contribution in [0.1, 0.15) is 143 Å². The first-order valence-electron chi connectivity index (χ1n) is 17.0. The van der Waals surface area contributed by atoms with Crippen molar-refractivity contribution in [3.63, 3.8) is 0 Å². The SMILES string of the molecule is CCCCCc1cccc(C(=O)NNC(=O)CCCCCCCCC(C)C(=O)NNC(=O)c2cccc(CCCCC)c2O)c1O. The number of hydrogen-bond acceptors (Lipinski definition) is 6. The maximum Gasteiger partial charge on any atom is 0.273 e. The van der Waals surface area contributed by atoms with Crippen LogP contribution in [0.4, 0.5) is 0 Å². The van der Waals surface area contributed by atoms with Crippen LogP contribution in [0.3, 0.4) is 0 Å². The van der Waals surface area contributed by atoms with E-state index in [9.17, 15) is 29.4 Å². The highest BCUT2D eigenvalue weighted by Gasteiger charge is 2.18. The molecular formula is C36H54N4O6. The van der Waals surface area contributed by atoms with Crippen molar-refractivity contribution >= 4 is 23.6 Å². The number of nitrogens with one attached hydrogen (secondary N) is 4. The molecule has 0 saturated carbocycles. The molecule has 10 nitrogen and oxygen atoms in total. The number of rotatable bonds is 20. The summed E-state index contributed by atoms with van der Waals surface area (Å²) in [7, 11) is 0. The zero-order chi connectivity index (χ0) is 33.7. The normalized spacial score (nSPS) is 11.5. The number of hydrazine groups is 2. The van der Waals surface area contributed by atoms with Crippen molar-refractivity contribution in [2.75, 3.05) is 0 Å². The Hall–Kier alpha value is -4.08. The molecule has 1 atom stereocenters. The molecule has 0 saturated heterocycles. The molecule has 0 bridgehead atoms. The summed E-state index contributed by atoms with van der Waals surface area (Å²) in [5.74, 6) is -2.01. The van der Waals surface area contributed by atoms with Crippen LogP contribution in [0.25, 0.3) is 0 Å².